The molecule has 1 aromatic carbocycles. The van der Waals surface area contributed by atoms with E-state index in [1.54, 1.807) is 0 Å². The highest BCUT2D eigenvalue weighted by Crippen LogP contribution is 2.25. The normalized spacial score (nSPS) is 21.3. The smallest absolute Gasteiger partial charge is 0.226 e. The summed E-state index contributed by atoms with van der Waals surface area (Å²) in [5, 5.41) is 4.23. The van der Waals surface area contributed by atoms with Gasteiger partial charge in [-0.05, 0) is 44.7 Å². The summed E-state index contributed by atoms with van der Waals surface area (Å²) in [7, 11) is 0. The third-order valence-electron chi connectivity index (χ3n) is 5.46. The summed E-state index contributed by atoms with van der Waals surface area (Å²) in [5.41, 5.74) is 3.20. The van der Waals surface area contributed by atoms with Crippen LogP contribution in [0, 0.1) is 19.8 Å². The highest BCUT2D eigenvalue weighted by Gasteiger charge is 2.28. The van der Waals surface area contributed by atoms with Crippen LogP contribution in [-0.4, -0.2) is 48.2 Å². The first kappa shape index (κ1) is 17.2. The van der Waals surface area contributed by atoms with Gasteiger partial charge < -0.3 is 15.0 Å². The van der Waals surface area contributed by atoms with Crippen molar-refractivity contribution < 1.29 is 9.53 Å². The Labute approximate surface area is 154 Å². The average molecular weight is 354 g/mol. The third kappa shape index (κ3) is 3.51. The molecule has 4 rings (SSSR count). The van der Waals surface area contributed by atoms with Crippen LogP contribution in [-0.2, 0) is 9.53 Å². The number of benzene rings is 1. The van der Waals surface area contributed by atoms with Gasteiger partial charge in [0.2, 0.25) is 11.9 Å². The fourth-order valence-electron chi connectivity index (χ4n) is 3.83. The summed E-state index contributed by atoms with van der Waals surface area (Å²) in [5.74, 6) is 1.03. The predicted octanol–water partition coefficient (Wildman–Crippen LogP) is 2.37. The van der Waals surface area contributed by atoms with Crippen molar-refractivity contribution in [3.63, 3.8) is 0 Å². The van der Waals surface area contributed by atoms with Gasteiger partial charge in [0.15, 0.2) is 0 Å². The molecule has 0 aliphatic carbocycles. The van der Waals surface area contributed by atoms with Gasteiger partial charge in [-0.1, -0.05) is 12.1 Å². The van der Waals surface area contributed by atoms with Crippen molar-refractivity contribution in [3.05, 3.63) is 29.5 Å². The molecule has 2 aliphatic heterocycles. The topological polar surface area (TPSA) is 67.4 Å². The summed E-state index contributed by atoms with van der Waals surface area (Å²) in [6.07, 6.45) is 2.61. The maximum atomic E-state index is 12.4. The van der Waals surface area contributed by atoms with Crippen molar-refractivity contribution in [2.24, 2.45) is 5.92 Å². The first-order chi connectivity index (χ1) is 12.6. The number of carbonyl (C=O) groups is 1. The van der Waals surface area contributed by atoms with Gasteiger partial charge in [0.25, 0.3) is 0 Å². The quantitative estimate of drug-likeness (QED) is 0.917. The van der Waals surface area contributed by atoms with Crippen LogP contribution >= 0.6 is 0 Å². The van der Waals surface area contributed by atoms with Crippen LogP contribution in [0.1, 0.15) is 30.5 Å². The van der Waals surface area contributed by atoms with Crippen molar-refractivity contribution in [3.8, 4) is 0 Å². The molecule has 1 aromatic heterocycles. The van der Waals surface area contributed by atoms with Crippen LogP contribution in [0.3, 0.4) is 0 Å². The van der Waals surface area contributed by atoms with Crippen molar-refractivity contribution in [1.82, 2.24) is 15.3 Å². The molecule has 2 aliphatic rings. The summed E-state index contributed by atoms with van der Waals surface area (Å²) in [6, 6.07) is 6.48. The van der Waals surface area contributed by atoms with E-state index in [0.717, 1.165) is 61.5 Å². The number of hydrogen-bond acceptors (Lipinski definition) is 5. The Balaban J connectivity index is 1.42. The van der Waals surface area contributed by atoms with Crippen LogP contribution < -0.4 is 10.2 Å². The van der Waals surface area contributed by atoms with Crippen LogP contribution in [0.5, 0.6) is 0 Å². The molecule has 6 heteroatoms. The maximum Gasteiger partial charge on any atom is 0.226 e. The van der Waals surface area contributed by atoms with Gasteiger partial charge in [-0.15, -0.1) is 0 Å². The highest BCUT2D eigenvalue weighted by molar-refractivity contribution is 5.82. The van der Waals surface area contributed by atoms with Crippen LogP contribution in [0.2, 0.25) is 0 Å². The number of anilines is 1. The minimum Gasteiger partial charge on any atom is -0.379 e. The molecular weight excluding hydrogens is 328 g/mol. The van der Waals surface area contributed by atoms with E-state index < -0.39 is 0 Å². The molecule has 2 fully saturated rings. The summed E-state index contributed by atoms with van der Waals surface area (Å²) in [4.78, 5) is 24.1. The third-order valence-corrected chi connectivity index (χ3v) is 5.46. The Bertz CT molecular complexity index is 809. The number of carbonyl (C=O) groups excluding carboxylic acids is 1. The van der Waals surface area contributed by atoms with Crippen molar-refractivity contribution in [1.29, 1.82) is 0 Å². The van der Waals surface area contributed by atoms with Crippen LogP contribution in [0.25, 0.3) is 10.9 Å². The lowest BCUT2D eigenvalue weighted by Crippen LogP contribution is -2.44. The Morgan fingerprint density at radius 3 is 2.73 bits per heavy atom. The minimum atomic E-state index is 0.0793. The molecule has 1 N–H and O–H groups in total. The fraction of sp³-hybridized carbons (Fsp3) is 0.550. The van der Waals surface area contributed by atoms with Gasteiger partial charge in [0.05, 0.1) is 23.9 Å². The molecule has 26 heavy (non-hydrogen) atoms. The number of hydrogen-bond donors (Lipinski definition) is 1. The number of nitrogens with one attached hydrogen (secondary N) is 1. The van der Waals surface area contributed by atoms with Crippen LogP contribution in [0.4, 0.5) is 5.95 Å². The zero-order valence-corrected chi connectivity index (χ0v) is 15.5. The van der Waals surface area contributed by atoms with Gasteiger partial charge in [0, 0.05) is 31.0 Å². The summed E-state index contributed by atoms with van der Waals surface area (Å²) < 4.78 is 5.34. The molecule has 0 radical (unpaired) electrons. The molecule has 2 saturated heterocycles. The van der Waals surface area contributed by atoms with Crippen LogP contribution in [0.15, 0.2) is 18.2 Å². The molecule has 1 atom stereocenters. The van der Waals surface area contributed by atoms with E-state index in [4.69, 9.17) is 14.7 Å². The van der Waals surface area contributed by atoms with E-state index in [2.05, 4.69) is 35.3 Å². The molecule has 1 amide bonds. The number of rotatable bonds is 3. The Morgan fingerprint density at radius 1 is 1.19 bits per heavy atom. The molecule has 2 aromatic rings. The lowest BCUT2D eigenvalue weighted by molar-refractivity contribution is -0.126. The molecule has 138 valence electrons. The molecule has 0 bridgehead atoms. The number of amides is 1. The molecule has 3 heterocycles. The van der Waals surface area contributed by atoms with E-state index in [1.807, 2.05) is 6.92 Å². The lowest BCUT2D eigenvalue weighted by atomic mass is 9.95. The van der Waals surface area contributed by atoms with Gasteiger partial charge in [-0.25, -0.2) is 9.97 Å². The molecule has 6 nitrogen and oxygen atoms in total. The largest absolute Gasteiger partial charge is 0.379 e. The Hall–Kier alpha value is -2.21. The molecular formula is C20H26N4O2. The molecule has 0 saturated carbocycles. The monoisotopic (exact) mass is 354 g/mol. The second-order valence-corrected chi connectivity index (χ2v) is 7.46. The maximum absolute atomic E-state index is 12.4. The van der Waals surface area contributed by atoms with Gasteiger partial charge in [-0.2, -0.15) is 0 Å². The van der Waals surface area contributed by atoms with Gasteiger partial charge in [0.1, 0.15) is 0 Å². The lowest BCUT2D eigenvalue weighted by Gasteiger charge is -2.32. The first-order valence-electron chi connectivity index (χ1n) is 9.48. The van der Waals surface area contributed by atoms with Gasteiger partial charge in [-0.3, -0.25) is 4.79 Å². The van der Waals surface area contributed by atoms with E-state index in [-0.39, 0.29) is 17.9 Å². The number of fused-ring (bicyclic) bond motifs is 1. The van der Waals surface area contributed by atoms with Crippen molar-refractivity contribution in [2.75, 3.05) is 31.2 Å². The number of nitrogens with zero attached hydrogens (tertiary/aromatic N) is 3. The second kappa shape index (κ2) is 7.19. The fourth-order valence-corrected chi connectivity index (χ4v) is 3.83. The molecule has 0 spiro atoms. The predicted molar refractivity (Wildman–Crippen MR) is 101 cm³/mol. The Morgan fingerprint density at radius 2 is 2.00 bits per heavy atom. The van der Waals surface area contributed by atoms with E-state index in [0.29, 0.717) is 6.61 Å². The van der Waals surface area contributed by atoms with E-state index in [9.17, 15) is 4.79 Å². The highest BCUT2D eigenvalue weighted by atomic mass is 16.5. The summed E-state index contributed by atoms with van der Waals surface area (Å²) in [6.45, 7) is 7.14. The zero-order chi connectivity index (χ0) is 18.1. The first-order valence-corrected chi connectivity index (χ1v) is 9.48. The number of aromatic nitrogens is 2. The van der Waals surface area contributed by atoms with Gasteiger partial charge >= 0.3 is 0 Å². The Kier molecular flexibility index (Phi) is 4.76. The van der Waals surface area contributed by atoms with E-state index >= 15 is 0 Å². The molecule has 1 unspecified atom stereocenters. The standard InChI is InChI=1S/C20H26N4O2/c1-13-3-4-17-14(2)21-20(23-18(17)11-13)24-8-5-15(6-9-24)19(25)22-16-7-10-26-12-16/h3-4,11,15-16H,5-10,12H2,1-2H3,(H,22,25). The number of aryl methyl sites for hydroxylation is 2. The van der Waals surface area contributed by atoms with E-state index in [1.165, 1.54) is 5.56 Å². The van der Waals surface area contributed by atoms with Crippen molar-refractivity contribution >= 4 is 22.8 Å². The number of ether oxygens (including phenoxy) is 1. The second-order valence-electron chi connectivity index (χ2n) is 7.46. The SMILES string of the molecule is Cc1ccc2c(C)nc(N3CCC(C(=O)NC4CCOC4)CC3)nc2c1. The average Bonchev–Trinajstić information content (AvgIpc) is 3.14. The van der Waals surface area contributed by atoms with Crippen molar-refractivity contribution in [2.45, 2.75) is 39.2 Å². The summed E-state index contributed by atoms with van der Waals surface area (Å²) >= 11 is 0. The number of piperidine rings is 1. The minimum absolute atomic E-state index is 0.0793. The zero-order valence-electron chi connectivity index (χ0n) is 15.5.